The summed E-state index contributed by atoms with van der Waals surface area (Å²) < 4.78 is 5.41. The summed E-state index contributed by atoms with van der Waals surface area (Å²) in [5.74, 6) is -0.560. The molecule has 0 saturated heterocycles. The molecule has 0 aliphatic carbocycles. The van der Waals surface area contributed by atoms with E-state index in [9.17, 15) is 9.59 Å². The van der Waals surface area contributed by atoms with Gasteiger partial charge in [-0.05, 0) is 32.8 Å². The number of nitrogens with one attached hydrogen (secondary N) is 1. The van der Waals surface area contributed by atoms with Crippen LogP contribution in [-0.2, 0) is 14.3 Å². The third kappa shape index (κ3) is 6.43. The van der Waals surface area contributed by atoms with Crippen molar-refractivity contribution in [2.24, 2.45) is 0 Å². The van der Waals surface area contributed by atoms with Gasteiger partial charge >= 0.3 is 5.97 Å². The van der Waals surface area contributed by atoms with Crippen molar-refractivity contribution in [3.8, 4) is 0 Å². The van der Waals surface area contributed by atoms with Crippen LogP contribution in [-0.4, -0.2) is 17.5 Å². The van der Waals surface area contributed by atoms with E-state index in [0.29, 0.717) is 6.42 Å². The highest BCUT2D eigenvalue weighted by Crippen LogP contribution is 2.19. The SMILES string of the molecule is CCCCC(=O)N[C@@H](C(=O)OC(C)(C)C)c1ccccc1. The van der Waals surface area contributed by atoms with Gasteiger partial charge < -0.3 is 10.1 Å². The van der Waals surface area contributed by atoms with E-state index < -0.39 is 17.6 Å². The van der Waals surface area contributed by atoms with Gasteiger partial charge in [-0.1, -0.05) is 43.7 Å². The summed E-state index contributed by atoms with van der Waals surface area (Å²) in [5.41, 5.74) is 0.148. The molecule has 21 heavy (non-hydrogen) atoms. The number of benzene rings is 1. The van der Waals surface area contributed by atoms with Gasteiger partial charge in [-0.2, -0.15) is 0 Å². The molecular weight excluding hydrogens is 266 g/mol. The van der Waals surface area contributed by atoms with E-state index in [1.165, 1.54) is 0 Å². The lowest BCUT2D eigenvalue weighted by atomic mass is 10.1. The molecule has 0 saturated carbocycles. The fourth-order valence-corrected chi connectivity index (χ4v) is 1.86. The summed E-state index contributed by atoms with van der Waals surface area (Å²) >= 11 is 0. The number of hydrogen-bond donors (Lipinski definition) is 1. The number of amides is 1. The molecule has 0 aromatic heterocycles. The lowest BCUT2D eigenvalue weighted by Crippen LogP contribution is -2.38. The lowest BCUT2D eigenvalue weighted by molar-refractivity contribution is -0.158. The minimum Gasteiger partial charge on any atom is -0.458 e. The van der Waals surface area contributed by atoms with Crippen LogP contribution >= 0.6 is 0 Å². The van der Waals surface area contributed by atoms with Crippen molar-refractivity contribution in [1.29, 1.82) is 0 Å². The van der Waals surface area contributed by atoms with Gasteiger partial charge in [0.2, 0.25) is 5.91 Å². The highest BCUT2D eigenvalue weighted by molar-refractivity contribution is 5.85. The number of hydrogen-bond acceptors (Lipinski definition) is 3. The van der Waals surface area contributed by atoms with Crippen molar-refractivity contribution in [1.82, 2.24) is 5.32 Å². The zero-order valence-corrected chi connectivity index (χ0v) is 13.3. The Morgan fingerprint density at radius 1 is 1.19 bits per heavy atom. The van der Waals surface area contributed by atoms with Crippen molar-refractivity contribution in [3.63, 3.8) is 0 Å². The summed E-state index contributed by atoms with van der Waals surface area (Å²) in [7, 11) is 0. The van der Waals surface area contributed by atoms with Gasteiger partial charge in [0.15, 0.2) is 6.04 Å². The van der Waals surface area contributed by atoms with Crippen molar-refractivity contribution in [2.75, 3.05) is 0 Å². The number of esters is 1. The van der Waals surface area contributed by atoms with E-state index in [1.54, 1.807) is 0 Å². The molecule has 0 bridgehead atoms. The van der Waals surface area contributed by atoms with Crippen LogP contribution in [0.1, 0.15) is 58.6 Å². The maximum absolute atomic E-state index is 12.3. The maximum Gasteiger partial charge on any atom is 0.333 e. The van der Waals surface area contributed by atoms with Crippen LogP contribution in [0.5, 0.6) is 0 Å². The Hall–Kier alpha value is -1.84. The summed E-state index contributed by atoms with van der Waals surface area (Å²) in [4.78, 5) is 24.3. The normalized spacial score (nSPS) is 12.6. The first-order valence-electron chi connectivity index (χ1n) is 7.40. The van der Waals surface area contributed by atoms with Crippen LogP contribution in [0.25, 0.3) is 0 Å². The highest BCUT2D eigenvalue weighted by Gasteiger charge is 2.27. The minimum absolute atomic E-state index is 0.128. The van der Waals surface area contributed by atoms with Gasteiger partial charge in [0.05, 0.1) is 0 Å². The molecule has 1 rings (SSSR count). The first kappa shape index (κ1) is 17.2. The fourth-order valence-electron chi connectivity index (χ4n) is 1.86. The summed E-state index contributed by atoms with van der Waals surface area (Å²) in [6, 6.07) is 8.42. The third-order valence-corrected chi connectivity index (χ3v) is 2.84. The Labute approximate surface area is 126 Å². The van der Waals surface area contributed by atoms with Crippen LogP contribution in [0.15, 0.2) is 30.3 Å². The number of ether oxygens (including phenoxy) is 1. The largest absolute Gasteiger partial charge is 0.458 e. The Kier molecular flexibility index (Phi) is 6.40. The Morgan fingerprint density at radius 3 is 2.33 bits per heavy atom. The zero-order valence-electron chi connectivity index (χ0n) is 13.3. The molecule has 1 atom stereocenters. The molecule has 1 N–H and O–H groups in total. The number of carbonyl (C=O) groups is 2. The third-order valence-electron chi connectivity index (χ3n) is 2.84. The standard InChI is InChI=1S/C17H25NO3/c1-5-6-12-14(19)18-15(13-10-8-7-9-11-13)16(20)21-17(2,3)4/h7-11,15H,5-6,12H2,1-4H3,(H,18,19)/t15-/m1/s1. The van der Waals surface area contributed by atoms with Gasteiger partial charge in [0.25, 0.3) is 0 Å². The monoisotopic (exact) mass is 291 g/mol. The summed E-state index contributed by atoms with van der Waals surface area (Å²) in [6.45, 7) is 7.46. The summed E-state index contributed by atoms with van der Waals surface area (Å²) in [6.07, 6.45) is 2.17. The van der Waals surface area contributed by atoms with Crippen LogP contribution in [0, 0.1) is 0 Å². The Bertz CT molecular complexity index is 463. The predicted molar refractivity (Wildman–Crippen MR) is 82.7 cm³/mol. The molecular formula is C17H25NO3. The number of rotatable bonds is 6. The van der Waals surface area contributed by atoms with Gasteiger partial charge in [0, 0.05) is 6.42 Å². The van der Waals surface area contributed by atoms with Crippen LogP contribution in [0.4, 0.5) is 0 Å². The fraction of sp³-hybridized carbons (Fsp3) is 0.529. The van der Waals surface area contributed by atoms with E-state index in [2.05, 4.69) is 5.32 Å². The molecule has 0 aliphatic rings. The average Bonchev–Trinajstić information content (AvgIpc) is 2.41. The topological polar surface area (TPSA) is 55.4 Å². The second kappa shape index (κ2) is 7.81. The van der Waals surface area contributed by atoms with Gasteiger partial charge in [-0.15, -0.1) is 0 Å². The molecule has 4 heteroatoms. The number of unbranched alkanes of at least 4 members (excludes halogenated alkanes) is 1. The Morgan fingerprint density at radius 2 is 1.81 bits per heavy atom. The van der Waals surface area contributed by atoms with Gasteiger partial charge in [-0.3, -0.25) is 4.79 Å². The average molecular weight is 291 g/mol. The van der Waals surface area contributed by atoms with Crippen LogP contribution in [0.2, 0.25) is 0 Å². The van der Waals surface area contributed by atoms with E-state index in [0.717, 1.165) is 18.4 Å². The van der Waals surface area contributed by atoms with Crippen molar-refractivity contribution < 1.29 is 14.3 Å². The molecule has 4 nitrogen and oxygen atoms in total. The lowest BCUT2D eigenvalue weighted by Gasteiger charge is -2.24. The first-order chi connectivity index (χ1) is 9.83. The molecule has 0 heterocycles. The van der Waals surface area contributed by atoms with E-state index in [-0.39, 0.29) is 5.91 Å². The van der Waals surface area contributed by atoms with Crippen molar-refractivity contribution >= 4 is 11.9 Å². The highest BCUT2D eigenvalue weighted by atomic mass is 16.6. The predicted octanol–water partition coefficient (Wildman–Crippen LogP) is 3.38. The minimum atomic E-state index is -0.755. The first-order valence-corrected chi connectivity index (χ1v) is 7.40. The molecule has 0 unspecified atom stereocenters. The molecule has 1 aromatic rings. The molecule has 0 radical (unpaired) electrons. The maximum atomic E-state index is 12.3. The smallest absolute Gasteiger partial charge is 0.333 e. The van der Waals surface area contributed by atoms with Gasteiger partial charge in [-0.25, -0.2) is 4.79 Å². The Balaban J connectivity index is 2.85. The summed E-state index contributed by atoms with van der Waals surface area (Å²) in [5, 5.41) is 2.78. The molecule has 0 fully saturated rings. The van der Waals surface area contributed by atoms with Crippen LogP contribution < -0.4 is 5.32 Å². The van der Waals surface area contributed by atoms with E-state index in [4.69, 9.17) is 4.74 Å². The van der Waals surface area contributed by atoms with Crippen molar-refractivity contribution in [3.05, 3.63) is 35.9 Å². The molecule has 1 aromatic carbocycles. The second-order valence-electron chi connectivity index (χ2n) is 6.05. The molecule has 0 spiro atoms. The molecule has 1 amide bonds. The zero-order chi connectivity index (χ0) is 15.9. The van der Waals surface area contributed by atoms with Crippen LogP contribution in [0.3, 0.4) is 0 Å². The molecule has 0 aliphatic heterocycles. The second-order valence-corrected chi connectivity index (χ2v) is 6.05. The van der Waals surface area contributed by atoms with Gasteiger partial charge in [0.1, 0.15) is 5.60 Å². The number of carbonyl (C=O) groups excluding carboxylic acids is 2. The van der Waals surface area contributed by atoms with E-state index in [1.807, 2.05) is 58.0 Å². The van der Waals surface area contributed by atoms with E-state index >= 15 is 0 Å². The molecule has 116 valence electrons. The quantitative estimate of drug-likeness (QED) is 0.817. The van der Waals surface area contributed by atoms with Crippen molar-refractivity contribution in [2.45, 2.75) is 58.6 Å².